The van der Waals surface area contributed by atoms with Crippen LogP contribution in [0.1, 0.15) is 25.0 Å². The molecule has 1 aromatic rings. The SMILES string of the molecule is CC(C)(Cc1ccc(C(F)(F)F)c(Cl)c1)C(=O)O. The van der Waals surface area contributed by atoms with Gasteiger partial charge in [-0.25, -0.2) is 0 Å². The summed E-state index contributed by atoms with van der Waals surface area (Å²) in [6.07, 6.45) is -4.39. The van der Waals surface area contributed by atoms with E-state index < -0.39 is 28.1 Å². The highest BCUT2D eigenvalue weighted by molar-refractivity contribution is 6.31. The van der Waals surface area contributed by atoms with Crippen LogP contribution in [0.4, 0.5) is 13.2 Å². The molecule has 0 aromatic heterocycles. The first-order chi connectivity index (χ1) is 8.04. The lowest BCUT2D eigenvalue weighted by Gasteiger charge is -2.19. The average Bonchev–Trinajstić information content (AvgIpc) is 2.14. The van der Waals surface area contributed by atoms with Gasteiger partial charge in [-0.3, -0.25) is 4.79 Å². The lowest BCUT2D eigenvalue weighted by Crippen LogP contribution is -2.26. The van der Waals surface area contributed by atoms with Crippen molar-refractivity contribution in [3.05, 3.63) is 34.3 Å². The van der Waals surface area contributed by atoms with Crippen molar-refractivity contribution in [3.8, 4) is 0 Å². The van der Waals surface area contributed by atoms with Gasteiger partial charge in [-0.15, -0.1) is 0 Å². The van der Waals surface area contributed by atoms with Crippen molar-refractivity contribution in [3.63, 3.8) is 0 Å². The number of hydrogen-bond donors (Lipinski definition) is 1. The van der Waals surface area contributed by atoms with Gasteiger partial charge in [0.2, 0.25) is 0 Å². The van der Waals surface area contributed by atoms with Gasteiger partial charge in [0.15, 0.2) is 0 Å². The Hall–Kier alpha value is -1.23. The van der Waals surface area contributed by atoms with E-state index in [-0.39, 0.29) is 6.42 Å². The van der Waals surface area contributed by atoms with E-state index in [1.54, 1.807) is 0 Å². The number of hydrogen-bond acceptors (Lipinski definition) is 1. The van der Waals surface area contributed by atoms with Gasteiger partial charge in [0, 0.05) is 0 Å². The second kappa shape index (κ2) is 4.80. The highest BCUT2D eigenvalue weighted by Crippen LogP contribution is 2.35. The summed E-state index contributed by atoms with van der Waals surface area (Å²) in [5, 5.41) is 8.53. The fourth-order valence-electron chi connectivity index (χ4n) is 1.48. The Balaban J connectivity index is 3.03. The minimum Gasteiger partial charge on any atom is -0.481 e. The van der Waals surface area contributed by atoms with E-state index in [2.05, 4.69) is 0 Å². The van der Waals surface area contributed by atoms with Crippen LogP contribution in [-0.4, -0.2) is 11.1 Å². The number of halogens is 4. The van der Waals surface area contributed by atoms with Gasteiger partial charge in [-0.2, -0.15) is 13.2 Å². The number of rotatable bonds is 3. The molecule has 0 atom stereocenters. The second-order valence-electron chi connectivity index (χ2n) is 4.68. The fourth-order valence-corrected chi connectivity index (χ4v) is 1.79. The molecule has 0 amide bonds. The molecule has 1 rings (SSSR count). The third-order valence-corrected chi connectivity index (χ3v) is 2.88. The Morgan fingerprint density at radius 2 is 1.89 bits per heavy atom. The van der Waals surface area contributed by atoms with E-state index in [0.717, 1.165) is 12.1 Å². The zero-order valence-corrected chi connectivity index (χ0v) is 10.6. The maximum Gasteiger partial charge on any atom is 0.417 e. The topological polar surface area (TPSA) is 37.3 Å². The quantitative estimate of drug-likeness (QED) is 0.908. The molecule has 0 radical (unpaired) electrons. The van der Waals surface area contributed by atoms with Crippen LogP contribution in [0.5, 0.6) is 0 Å². The van der Waals surface area contributed by atoms with Gasteiger partial charge in [-0.1, -0.05) is 17.7 Å². The second-order valence-corrected chi connectivity index (χ2v) is 5.08. The smallest absolute Gasteiger partial charge is 0.417 e. The van der Waals surface area contributed by atoms with Gasteiger partial charge >= 0.3 is 12.1 Å². The van der Waals surface area contributed by atoms with Crippen LogP contribution in [0.25, 0.3) is 0 Å². The monoisotopic (exact) mass is 280 g/mol. The molecular weight excluding hydrogens is 269 g/mol. The highest BCUT2D eigenvalue weighted by atomic mass is 35.5. The van der Waals surface area contributed by atoms with Crippen molar-refractivity contribution in [2.24, 2.45) is 5.41 Å². The maximum absolute atomic E-state index is 12.5. The average molecular weight is 281 g/mol. The zero-order chi connectivity index (χ0) is 14.1. The predicted octanol–water partition coefficient (Wildman–Crippen LogP) is 4.01. The molecule has 18 heavy (non-hydrogen) atoms. The van der Waals surface area contributed by atoms with Crippen molar-refractivity contribution in [1.82, 2.24) is 0 Å². The van der Waals surface area contributed by atoms with Gasteiger partial charge in [0.05, 0.1) is 16.0 Å². The van der Waals surface area contributed by atoms with Crippen molar-refractivity contribution < 1.29 is 23.1 Å². The molecule has 0 aliphatic heterocycles. The Morgan fingerprint density at radius 3 is 2.28 bits per heavy atom. The number of carboxylic acid groups (broad SMARTS) is 1. The Bertz CT molecular complexity index is 467. The summed E-state index contributed by atoms with van der Waals surface area (Å²) in [6, 6.07) is 3.28. The first kappa shape index (κ1) is 14.8. The van der Waals surface area contributed by atoms with Crippen LogP contribution >= 0.6 is 11.6 Å². The summed E-state index contributed by atoms with van der Waals surface area (Å²) >= 11 is 5.56. The van der Waals surface area contributed by atoms with Crippen molar-refractivity contribution in [2.75, 3.05) is 0 Å². The number of carboxylic acids is 1. The maximum atomic E-state index is 12.5. The van der Waals surface area contributed by atoms with Crippen LogP contribution in [0.3, 0.4) is 0 Å². The molecule has 0 unspecified atom stereocenters. The molecular formula is C12H12ClF3O2. The van der Waals surface area contributed by atoms with Crippen molar-refractivity contribution >= 4 is 17.6 Å². The molecule has 0 bridgehead atoms. The van der Waals surface area contributed by atoms with Crippen LogP contribution in [-0.2, 0) is 17.4 Å². The van der Waals surface area contributed by atoms with Gasteiger partial charge in [0.25, 0.3) is 0 Å². The van der Waals surface area contributed by atoms with Gasteiger partial charge in [-0.05, 0) is 38.0 Å². The summed E-state index contributed by atoms with van der Waals surface area (Å²) < 4.78 is 37.4. The molecule has 0 heterocycles. The molecule has 1 N–H and O–H groups in total. The first-order valence-electron chi connectivity index (χ1n) is 5.13. The lowest BCUT2D eigenvalue weighted by atomic mass is 9.86. The van der Waals surface area contributed by atoms with Crippen molar-refractivity contribution in [1.29, 1.82) is 0 Å². The fraction of sp³-hybridized carbons (Fsp3) is 0.417. The summed E-state index contributed by atoms with van der Waals surface area (Å²) in [5.74, 6) is -1.02. The Labute approximate surface area is 107 Å². The van der Waals surface area contributed by atoms with E-state index in [4.69, 9.17) is 16.7 Å². The van der Waals surface area contributed by atoms with E-state index in [1.165, 1.54) is 19.9 Å². The number of aliphatic carboxylic acids is 1. The summed E-state index contributed by atoms with van der Waals surface area (Å²) in [4.78, 5) is 10.9. The molecule has 100 valence electrons. The van der Waals surface area contributed by atoms with Crippen LogP contribution in [0, 0.1) is 5.41 Å². The van der Waals surface area contributed by atoms with E-state index in [0.29, 0.717) is 5.56 Å². The molecule has 2 nitrogen and oxygen atoms in total. The third-order valence-electron chi connectivity index (χ3n) is 2.56. The van der Waals surface area contributed by atoms with Crippen LogP contribution in [0.2, 0.25) is 5.02 Å². The van der Waals surface area contributed by atoms with E-state index in [9.17, 15) is 18.0 Å². The van der Waals surface area contributed by atoms with Crippen LogP contribution < -0.4 is 0 Å². The largest absolute Gasteiger partial charge is 0.481 e. The summed E-state index contributed by atoms with van der Waals surface area (Å²) in [7, 11) is 0. The molecule has 0 aliphatic carbocycles. The molecule has 0 saturated carbocycles. The van der Waals surface area contributed by atoms with Crippen LogP contribution in [0.15, 0.2) is 18.2 Å². The van der Waals surface area contributed by atoms with Crippen molar-refractivity contribution in [2.45, 2.75) is 26.4 Å². The normalized spacial score (nSPS) is 12.6. The number of alkyl halides is 3. The molecule has 0 spiro atoms. The lowest BCUT2D eigenvalue weighted by molar-refractivity contribution is -0.146. The predicted molar refractivity (Wildman–Crippen MR) is 61.6 cm³/mol. The highest BCUT2D eigenvalue weighted by Gasteiger charge is 2.34. The third kappa shape index (κ3) is 3.38. The first-order valence-corrected chi connectivity index (χ1v) is 5.51. The molecule has 0 saturated heterocycles. The Morgan fingerprint density at radius 1 is 1.33 bits per heavy atom. The zero-order valence-electron chi connectivity index (χ0n) is 9.81. The molecule has 0 aliphatic rings. The summed E-state index contributed by atoms with van der Waals surface area (Å²) in [5.41, 5.74) is -1.51. The van der Waals surface area contributed by atoms with Gasteiger partial charge in [0.1, 0.15) is 0 Å². The van der Waals surface area contributed by atoms with E-state index >= 15 is 0 Å². The standard InChI is InChI=1S/C12H12ClF3O2/c1-11(2,10(17)18)6-7-3-4-8(9(13)5-7)12(14,15)16/h3-5H,6H2,1-2H3,(H,17,18). The Kier molecular flexibility index (Phi) is 3.96. The molecule has 0 fully saturated rings. The molecule has 1 aromatic carbocycles. The van der Waals surface area contributed by atoms with E-state index in [1.807, 2.05) is 0 Å². The number of carbonyl (C=O) groups is 1. The molecule has 6 heteroatoms. The minimum atomic E-state index is -4.50. The summed E-state index contributed by atoms with van der Waals surface area (Å²) in [6.45, 7) is 3.00. The van der Waals surface area contributed by atoms with Gasteiger partial charge < -0.3 is 5.11 Å². The number of benzene rings is 1. The minimum absolute atomic E-state index is 0.111.